The van der Waals surface area contributed by atoms with Crippen molar-refractivity contribution >= 4 is 6.09 Å². The van der Waals surface area contributed by atoms with E-state index >= 15 is 0 Å². The van der Waals surface area contributed by atoms with Crippen LogP contribution in [0.3, 0.4) is 0 Å². The summed E-state index contributed by atoms with van der Waals surface area (Å²) in [4.78, 5) is 13.7. The molecule has 190 valence electrons. The molecular formula is C23H19F8NO3. The van der Waals surface area contributed by atoms with Gasteiger partial charge in [0, 0.05) is 16.7 Å². The van der Waals surface area contributed by atoms with Crippen molar-refractivity contribution in [2.75, 3.05) is 7.11 Å². The van der Waals surface area contributed by atoms with Crippen LogP contribution in [-0.2, 0) is 17.1 Å². The first-order chi connectivity index (χ1) is 16.1. The minimum atomic E-state index is -5.09. The van der Waals surface area contributed by atoms with Crippen molar-refractivity contribution in [1.29, 1.82) is 0 Å². The maximum absolute atomic E-state index is 14.8. The second kappa shape index (κ2) is 7.99. The largest absolute Gasteiger partial charge is 0.496 e. The van der Waals surface area contributed by atoms with E-state index < -0.39 is 70.9 Å². The summed E-state index contributed by atoms with van der Waals surface area (Å²) in [5, 5.41) is 0. The molecule has 1 amide bonds. The number of benzene rings is 2. The van der Waals surface area contributed by atoms with Gasteiger partial charge in [-0.15, -0.1) is 0 Å². The molecule has 1 saturated heterocycles. The monoisotopic (exact) mass is 509 g/mol. The molecule has 2 aliphatic rings. The van der Waals surface area contributed by atoms with E-state index in [4.69, 9.17) is 9.47 Å². The fourth-order valence-corrected chi connectivity index (χ4v) is 4.60. The first-order valence-electron chi connectivity index (χ1n) is 10.5. The molecular weight excluding hydrogens is 490 g/mol. The molecule has 4 nitrogen and oxygen atoms in total. The van der Waals surface area contributed by atoms with Gasteiger partial charge in [-0.3, -0.25) is 4.90 Å². The van der Waals surface area contributed by atoms with Crippen LogP contribution >= 0.6 is 0 Å². The van der Waals surface area contributed by atoms with E-state index in [0.717, 1.165) is 4.90 Å². The smallest absolute Gasteiger partial charge is 0.416 e. The summed E-state index contributed by atoms with van der Waals surface area (Å²) in [5.41, 5.74) is -3.68. The Morgan fingerprint density at radius 1 is 0.943 bits per heavy atom. The standard InChI is InChI=1S/C23H19F8NO3/c1-8(2)13-16(24)17(25)14-15(20(13)34-4)18(14)32-9(3)19(35-21(32)33)10-5-11(22(26,27)28)7-12(6-10)23(29,30)31/h5-9,18-19H,1-4H3/t9-,18?,19-/m0/s1. The number of alkyl halides is 6. The Balaban J connectivity index is 1.75. The normalized spacial score (nSPS) is 21.9. The lowest BCUT2D eigenvalue weighted by Gasteiger charge is -2.22. The minimum absolute atomic E-state index is 0.0285. The molecule has 1 aliphatic carbocycles. The summed E-state index contributed by atoms with van der Waals surface area (Å²) in [5.74, 6) is -2.80. The van der Waals surface area contributed by atoms with E-state index in [1.54, 1.807) is 13.8 Å². The van der Waals surface area contributed by atoms with Crippen molar-refractivity contribution < 1.29 is 49.4 Å². The average molecular weight is 509 g/mol. The highest BCUT2D eigenvalue weighted by Crippen LogP contribution is 2.58. The van der Waals surface area contributed by atoms with Crippen molar-refractivity contribution in [3.63, 3.8) is 0 Å². The first kappa shape index (κ1) is 25.1. The lowest BCUT2D eigenvalue weighted by atomic mass is 9.97. The molecule has 0 aromatic heterocycles. The maximum Gasteiger partial charge on any atom is 0.416 e. The summed E-state index contributed by atoms with van der Waals surface area (Å²) < 4.78 is 120. The Bertz CT molecular complexity index is 1170. The summed E-state index contributed by atoms with van der Waals surface area (Å²) in [6, 6.07) is -1.32. The Morgan fingerprint density at radius 3 is 1.94 bits per heavy atom. The number of carbonyl (C=O) groups is 1. The summed E-state index contributed by atoms with van der Waals surface area (Å²) in [6.45, 7) is 4.56. The van der Waals surface area contributed by atoms with Crippen LogP contribution in [0.2, 0.25) is 0 Å². The molecule has 2 aromatic carbocycles. The van der Waals surface area contributed by atoms with E-state index in [1.165, 1.54) is 14.0 Å². The van der Waals surface area contributed by atoms with Crippen LogP contribution in [0.15, 0.2) is 18.2 Å². The number of nitrogens with zero attached hydrogens (tertiary/aromatic N) is 1. The molecule has 0 N–H and O–H groups in total. The molecule has 4 rings (SSSR count). The average Bonchev–Trinajstić information content (AvgIpc) is 3.39. The second-order valence-electron chi connectivity index (χ2n) is 8.75. The molecule has 1 unspecified atom stereocenters. The summed E-state index contributed by atoms with van der Waals surface area (Å²) >= 11 is 0. The van der Waals surface area contributed by atoms with Gasteiger partial charge >= 0.3 is 18.4 Å². The number of rotatable bonds is 4. The van der Waals surface area contributed by atoms with Crippen LogP contribution in [0, 0.1) is 11.6 Å². The first-order valence-corrected chi connectivity index (χ1v) is 10.5. The van der Waals surface area contributed by atoms with E-state index in [1.807, 2.05) is 0 Å². The third-order valence-corrected chi connectivity index (χ3v) is 6.22. The molecule has 0 saturated carbocycles. The van der Waals surface area contributed by atoms with Crippen LogP contribution in [0.4, 0.5) is 39.9 Å². The van der Waals surface area contributed by atoms with Crippen molar-refractivity contribution in [3.8, 4) is 5.75 Å². The molecule has 0 spiro atoms. The van der Waals surface area contributed by atoms with Crippen LogP contribution in [0.5, 0.6) is 5.75 Å². The molecule has 0 bridgehead atoms. The number of amides is 1. The van der Waals surface area contributed by atoms with Crippen LogP contribution in [0.25, 0.3) is 0 Å². The number of carbonyl (C=O) groups excluding carboxylic acids is 1. The molecule has 12 heteroatoms. The zero-order valence-electron chi connectivity index (χ0n) is 18.7. The van der Waals surface area contributed by atoms with Crippen molar-refractivity contribution in [3.05, 3.63) is 63.2 Å². The molecule has 3 atom stereocenters. The van der Waals surface area contributed by atoms with Gasteiger partial charge in [0.05, 0.1) is 30.3 Å². The molecule has 1 heterocycles. The van der Waals surface area contributed by atoms with Gasteiger partial charge in [-0.2, -0.15) is 26.3 Å². The molecule has 1 fully saturated rings. The Kier molecular flexibility index (Phi) is 5.72. The number of hydrogen-bond acceptors (Lipinski definition) is 3. The topological polar surface area (TPSA) is 38.8 Å². The van der Waals surface area contributed by atoms with E-state index in [-0.39, 0.29) is 28.5 Å². The number of methoxy groups -OCH3 is 1. The quantitative estimate of drug-likeness (QED) is 0.412. The second-order valence-corrected chi connectivity index (χ2v) is 8.75. The van der Waals surface area contributed by atoms with E-state index in [0.29, 0.717) is 12.1 Å². The number of hydrogen-bond donors (Lipinski definition) is 0. The molecule has 1 aliphatic heterocycles. The lowest BCUT2D eigenvalue weighted by Crippen LogP contribution is -2.31. The van der Waals surface area contributed by atoms with E-state index in [2.05, 4.69) is 0 Å². The van der Waals surface area contributed by atoms with Crippen molar-refractivity contribution in [2.24, 2.45) is 0 Å². The van der Waals surface area contributed by atoms with Crippen molar-refractivity contribution in [2.45, 2.75) is 57.2 Å². The Morgan fingerprint density at radius 2 is 1.49 bits per heavy atom. The molecule has 2 aromatic rings. The van der Waals surface area contributed by atoms with Gasteiger partial charge in [-0.05, 0) is 36.6 Å². The number of fused-ring (bicyclic) bond motifs is 1. The predicted octanol–water partition coefficient (Wildman–Crippen LogP) is 7.12. The summed E-state index contributed by atoms with van der Waals surface area (Å²) in [7, 11) is 1.24. The third-order valence-electron chi connectivity index (χ3n) is 6.22. The SMILES string of the molecule is COc1c(C(C)C)c(F)c(F)c2c1C2N1C(=O)O[C@H](c2cc(C(F)(F)F)cc(C(F)(F)F)c2)[C@@H]1C. The number of halogens is 8. The van der Waals surface area contributed by atoms with Gasteiger partial charge in [0.25, 0.3) is 0 Å². The fourth-order valence-electron chi connectivity index (χ4n) is 4.60. The lowest BCUT2D eigenvalue weighted by molar-refractivity contribution is -0.143. The van der Waals surface area contributed by atoms with Gasteiger partial charge in [-0.1, -0.05) is 13.8 Å². The highest BCUT2D eigenvalue weighted by molar-refractivity contribution is 5.77. The predicted molar refractivity (Wildman–Crippen MR) is 106 cm³/mol. The Hall–Kier alpha value is -3.05. The highest BCUT2D eigenvalue weighted by atomic mass is 19.4. The highest BCUT2D eigenvalue weighted by Gasteiger charge is 2.55. The fraction of sp³-hybridized carbons (Fsp3) is 0.435. The number of cyclic esters (lactones) is 1. The number of ether oxygens (including phenoxy) is 2. The van der Waals surface area contributed by atoms with Crippen molar-refractivity contribution in [1.82, 2.24) is 4.90 Å². The minimum Gasteiger partial charge on any atom is -0.496 e. The third kappa shape index (κ3) is 3.96. The molecule has 35 heavy (non-hydrogen) atoms. The Labute approximate surface area is 194 Å². The molecule has 0 radical (unpaired) electrons. The summed E-state index contributed by atoms with van der Waals surface area (Å²) in [6.07, 6.45) is -12.8. The van der Waals surface area contributed by atoms with Gasteiger partial charge < -0.3 is 9.47 Å². The van der Waals surface area contributed by atoms with Gasteiger partial charge in [0.1, 0.15) is 11.9 Å². The van der Waals surface area contributed by atoms with Crippen LogP contribution in [0.1, 0.15) is 72.2 Å². The van der Waals surface area contributed by atoms with Gasteiger partial charge in [0.2, 0.25) is 0 Å². The zero-order chi connectivity index (χ0) is 26.2. The zero-order valence-corrected chi connectivity index (χ0v) is 18.7. The van der Waals surface area contributed by atoms with E-state index in [9.17, 15) is 39.9 Å². The van der Waals surface area contributed by atoms with Gasteiger partial charge in [0.15, 0.2) is 11.6 Å². The van der Waals surface area contributed by atoms with Crippen LogP contribution in [-0.4, -0.2) is 24.1 Å². The van der Waals surface area contributed by atoms with Crippen LogP contribution < -0.4 is 4.74 Å². The maximum atomic E-state index is 14.8. The van der Waals surface area contributed by atoms with Gasteiger partial charge in [-0.25, -0.2) is 13.6 Å².